The minimum absolute atomic E-state index is 0.550. The number of fused-ring (bicyclic) bond motifs is 8. The van der Waals surface area contributed by atoms with E-state index in [-0.39, 0.29) is 0 Å². The van der Waals surface area contributed by atoms with Gasteiger partial charge in [-0.25, -0.2) is 19.9 Å². The SMILES string of the molecule is c1ccc(-c2ccc3nc4n(-c5c(-c6ccccc6)cc(-c6nc(-c7ccccc7)nc(-c7ccc8c(c7)oc7ccccc78)n6)cc5-c5ccccc5)c5ccc(-c6ccccc6)cc5n4c3c2)cc1. The predicted molar refractivity (Wildman–Crippen MR) is 288 cm³/mol. The van der Waals surface area contributed by atoms with Gasteiger partial charge in [-0.15, -0.1) is 0 Å². The van der Waals surface area contributed by atoms with Crippen LogP contribution in [0.15, 0.2) is 247 Å². The Balaban J connectivity index is 1.06. The van der Waals surface area contributed by atoms with Crippen LogP contribution in [0, 0.1) is 0 Å². The highest BCUT2D eigenvalue weighted by atomic mass is 16.3. The molecular formula is C64H40N6O. The van der Waals surface area contributed by atoms with Gasteiger partial charge in [-0.05, 0) is 88.0 Å². The number of benzene rings is 10. The van der Waals surface area contributed by atoms with Crippen LogP contribution in [0.1, 0.15) is 0 Å². The number of aromatic nitrogens is 6. The van der Waals surface area contributed by atoms with Crippen LogP contribution in [0.2, 0.25) is 0 Å². The summed E-state index contributed by atoms with van der Waals surface area (Å²) in [6.45, 7) is 0. The van der Waals surface area contributed by atoms with E-state index in [4.69, 9.17) is 24.4 Å². The quantitative estimate of drug-likeness (QED) is 0.152. The highest BCUT2D eigenvalue weighted by molar-refractivity contribution is 6.06. The fourth-order valence-electron chi connectivity index (χ4n) is 10.2. The smallest absolute Gasteiger partial charge is 0.220 e. The molecule has 0 aliphatic heterocycles. The second kappa shape index (κ2) is 16.5. The number of rotatable bonds is 8. The molecule has 0 fully saturated rings. The lowest BCUT2D eigenvalue weighted by atomic mass is 9.92. The minimum atomic E-state index is 0.550. The largest absolute Gasteiger partial charge is 0.456 e. The summed E-state index contributed by atoms with van der Waals surface area (Å²) in [5.74, 6) is 2.49. The van der Waals surface area contributed by atoms with Gasteiger partial charge in [0.1, 0.15) is 11.2 Å². The fourth-order valence-corrected chi connectivity index (χ4v) is 10.2. The van der Waals surface area contributed by atoms with Gasteiger partial charge in [-0.3, -0.25) is 8.97 Å². The van der Waals surface area contributed by atoms with Crippen LogP contribution in [-0.4, -0.2) is 28.9 Å². The standard InChI is InChI=1S/C64H40N6O/c1-6-18-41(19-7-1)46-31-34-54-56(38-46)69-57-39-47(42-20-8-2-9-21-42)32-35-55(57)70(64(69)65-54)60-52(43-22-10-3-11-23-43)36-49(37-53(60)44-24-12-4-13-25-44)63-67-61(45-26-14-5-15-27-45)66-62(68-63)48-30-33-51-50-28-16-17-29-58(50)71-59(51)40-48/h1-40H. The summed E-state index contributed by atoms with van der Waals surface area (Å²) in [7, 11) is 0. The molecule has 14 rings (SSSR count). The molecule has 7 heteroatoms. The summed E-state index contributed by atoms with van der Waals surface area (Å²) in [4.78, 5) is 21.3. The molecule has 0 aliphatic carbocycles. The first-order chi connectivity index (χ1) is 35.2. The molecule has 0 unspecified atom stereocenters. The number of hydrogen-bond acceptors (Lipinski definition) is 5. The normalized spacial score (nSPS) is 11.7. The topological polar surface area (TPSA) is 74.0 Å². The van der Waals surface area contributed by atoms with E-state index in [1.807, 2.05) is 54.6 Å². The second-order valence-electron chi connectivity index (χ2n) is 17.9. The zero-order valence-corrected chi connectivity index (χ0v) is 38.2. The van der Waals surface area contributed by atoms with Gasteiger partial charge in [-0.2, -0.15) is 0 Å². The van der Waals surface area contributed by atoms with E-state index in [1.54, 1.807) is 0 Å². The van der Waals surface area contributed by atoms with E-state index in [0.29, 0.717) is 17.5 Å². The Labute approximate surface area is 408 Å². The maximum atomic E-state index is 6.38. The van der Waals surface area contributed by atoms with Gasteiger partial charge in [0.05, 0.1) is 27.8 Å². The zero-order chi connectivity index (χ0) is 46.8. The van der Waals surface area contributed by atoms with Crippen LogP contribution in [-0.2, 0) is 0 Å². The number of para-hydroxylation sites is 1. The van der Waals surface area contributed by atoms with Crippen LogP contribution in [0.3, 0.4) is 0 Å². The molecular weight excluding hydrogens is 869 g/mol. The Morgan fingerprint density at radius 2 is 0.775 bits per heavy atom. The molecule has 0 amide bonds. The van der Waals surface area contributed by atoms with Gasteiger partial charge < -0.3 is 4.42 Å². The van der Waals surface area contributed by atoms with Gasteiger partial charge in [-0.1, -0.05) is 188 Å². The molecule has 7 nitrogen and oxygen atoms in total. The molecule has 71 heavy (non-hydrogen) atoms. The highest BCUT2D eigenvalue weighted by Crippen LogP contribution is 2.44. The summed E-state index contributed by atoms with van der Waals surface area (Å²) in [5, 5.41) is 2.12. The molecule has 332 valence electrons. The second-order valence-corrected chi connectivity index (χ2v) is 17.9. The maximum Gasteiger partial charge on any atom is 0.220 e. The monoisotopic (exact) mass is 908 g/mol. The summed E-state index contributed by atoms with van der Waals surface area (Å²) in [6, 6.07) is 84.7. The minimum Gasteiger partial charge on any atom is -0.456 e. The molecule has 0 aliphatic rings. The molecule has 4 heterocycles. The third-order valence-electron chi connectivity index (χ3n) is 13.6. The average molecular weight is 909 g/mol. The van der Waals surface area contributed by atoms with E-state index >= 15 is 0 Å². The van der Waals surface area contributed by atoms with Crippen molar-refractivity contribution < 1.29 is 4.42 Å². The van der Waals surface area contributed by atoms with Crippen LogP contribution < -0.4 is 0 Å². The van der Waals surface area contributed by atoms with Crippen molar-refractivity contribution in [2.24, 2.45) is 0 Å². The molecule has 14 aromatic rings. The lowest BCUT2D eigenvalue weighted by Crippen LogP contribution is -2.04. The Morgan fingerprint density at radius 1 is 0.296 bits per heavy atom. The predicted octanol–water partition coefficient (Wildman–Crippen LogP) is 16.2. The van der Waals surface area contributed by atoms with E-state index < -0.39 is 0 Å². The molecule has 0 atom stereocenters. The Bertz CT molecular complexity index is 4250. The molecule has 0 N–H and O–H groups in total. The highest BCUT2D eigenvalue weighted by Gasteiger charge is 2.26. The van der Waals surface area contributed by atoms with Crippen LogP contribution in [0.5, 0.6) is 0 Å². The lowest BCUT2D eigenvalue weighted by molar-refractivity contribution is 0.669. The van der Waals surface area contributed by atoms with Crippen molar-refractivity contribution in [1.82, 2.24) is 28.9 Å². The van der Waals surface area contributed by atoms with E-state index in [9.17, 15) is 0 Å². The lowest BCUT2D eigenvalue weighted by Gasteiger charge is -2.20. The van der Waals surface area contributed by atoms with Crippen LogP contribution >= 0.6 is 0 Å². The molecule has 4 aromatic heterocycles. The maximum absolute atomic E-state index is 6.38. The van der Waals surface area contributed by atoms with E-state index in [0.717, 1.165) is 117 Å². The van der Waals surface area contributed by atoms with Crippen molar-refractivity contribution in [3.05, 3.63) is 243 Å². The van der Waals surface area contributed by atoms with Crippen molar-refractivity contribution in [2.45, 2.75) is 0 Å². The number of hydrogen-bond donors (Lipinski definition) is 0. The third-order valence-corrected chi connectivity index (χ3v) is 13.6. The average Bonchev–Trinajstić information content (AvgIpc) is 4.12. The number of nitrogens with zero attached hydrogens (tertiary/aromatic N) is 6. The molecule has 0 saturated heterocycles. The van der Waals surface area contributed by atoms with Crippen molar-refractivity contribution in [1.29, 1.82) is 0 Å². The molecule has 10 aromatic carbocycles. The first-order valence-corrected chi connectivity index (χ1v) is 23.8. The van der Waals surface area contributed by atoms with Crippen LogP contribution in [0.4, 0.5) is 0 Å². The van der Waals surface area contributed by atoms with E-state index in [2.05, 4.69) is 197 Å². The Morgan fingerprint density at radius 3 is 1.39 bits per heavy atom. The van der Waals surface area contributed by atoms with Gasteiger partial charge in [0, 0.05) is 38.6 Å². The van der Waals surface area contributed by atoms with Gasteiger partial charge in [0.2, 0.25) is 5.78 Å². The van der Waals surface area contributed by atoms with Crippen molar-refractivity contribution in [3.63, 3.8) is 0 Å². The van der Waals surface area contributed by atoms with Crippen molar-refractivity contribution >= 4 is 49.8 Å². The van der Waals surface area contributed by atoms with Crippen LogP contribution in [0.25, 0.3) is 134 Å². The summed E-state index contributed by atoms with van der Waals surface area (Å²) >= 11 is 0. The first kappa shape index (κ1) is 40.4. The Hall–Kier alpha value is -9.72. The summed E-state index contributed by atoms with van der Waals surface area (Å²) in [5.41, 5.74) is 17.8. The third kappa shape index (κ3) is 6.90. The zero-order valence-electron chi connectivity index (χ0n) is 38.2. The first-order valence-electron chi connectivity index (χ1n) is 23.8. The molecule has 0 spiro atoms. The number of imidazole rings is 2. The van der Waals surface area contributed by atoms with Gasteiger partial charge in [0.15, 0.2) is 17.5 Å². The Kier molecular flexibility index (Phi) is 9.38. The van der Waals surface area contributed by atoms with E-state index in [1.165, 1.54) is 0 Å². The number of furan rings is 1. The summed E-state index contributed by atoms with van der Waals surface area (Å²) in [6.07, 6.45) is 0. The fraction of sp³-hybridized carbons (Fsp3) is 0. The molecule has 0 radical (unpaired) electrons. The summed E-state index contributed by atoms with van der Waals surface area (Å²) < 4.78 is 11.1. The molecule has 0 bridgehead atoms. The van der Waals surface area contributed by atoms with Crippen molar-refractivity contribution in [3.8, 4) is 84.4 Å². The molecule has 0 saturated carbocycles. The van der Waals surface area contributed by atoms with Gasteiger partial charge >= 0.3 is 0 Å². The van der Waals surface area contributed by atoms with Gasteiger partial charge in [0.25, 0.3) is 0 Å². The van der Waals surface area contributed by atoms with Crippen molar-refractivity contribution in [2.75, 3.05) is 0 Å².